The fourth-order valence-corrected chi connectivity index (χ4v) is 0. The van der Waals surface area contributed by atoms with E-state index in [1.807, 2.05) is 0 Å². The van der Waals surface area contributed by atoms with Crippen molar-refractivity contribution >= 4 is 13.9 Å². The molecule has 0 rings (SSSR count). The SMILES string of the molecule is C=C[C](=O)[Nb].[Fe].[N].[P]. The summed E-state index contributed by atoms with van der Waals surface area (Å²) in [6, 6.07) is 0. The van der Waals surface area contributed by atoms with Crippen molar-refractivity contribution in [1.29, 1.82) is 0 Å². The Morgan fingerprint density at radius 3 is 1.75 bits per heavy atom. The molecule has 0 aromatic carbocycles. The second-order valence-corrected chi connectivity index (χ2v) is 1.63. The molecule has 0 aliphatic rings. The molecule has 0 N–H and O–H groups in total. The summed E-state index contributed by atoms with van der Waals surface area (Å²) in [7, 11) is 0. The minimum absolute atomic E-state index is 0. The van der Waals surface area contributed by atoms with Gasteiger partial charge in [0.25, 0.3) is 0 Å². The number of carbonyl (C=O) groups excluding carboxylic acids is 1. The minimum atomic E-state index is 0. The Kier molecular flexibility index (Phi) is 45.1. The van der Waals surface area contributed by atoms with E-state index in [0.717, 1.165) is 21.1 Å². The molecule has 2 nitrogen and oxygen atoms in total. The smallest absolute Gasteiger partial charge is 0 e. The van der Waals surface area contributed by atoms with Crippen molar-refractivity contribution in [1.82, 2.24) is 6.15 Å². The van der Waals surface area contributed by atoms with Crippen molar-refractivity contribution in [2.45, 2.75) is 0 Å². The summed E-state index contributed by atoms with van der Waals surface area (Å²) in [6.45, 7) is 3.22. The van der Waals surface area contributed by atoms with Crippen molar-refractivity contribution in [3.63, 3.8) is 0 Å². The summed E-state index contributed by atoms with van der Waals surface area (Å²) < 4.78 is 0.0685. The number of allylic oxidation sites excluding steroid dienone is 1. The first kappa shape index (κ1) is 23.0. The molecule has 0 spiro atoms. The van der Waals surface area contributed by atoms with E-state index in [4.69, 9.17) is 0 Å². The van der Waals surface area contributed by atoms with Crippen LogP contribution in [-0.4, -0.2) is 4.00 Å². The third kappa shape index (κ3) is 27.7. The molecule has 0 aliphatic heterocycles. The van der Waals surface area contributed by atoms with Gasteiger partial charge in [0.05, 0.1) is 0 Å². The summed E-state index contributed by atoms with van der Waals surface area (Å²) in [5, 5.41) is 0. The van der Waals surface area contributed by atoms with E-state index in [1.54, 1.807) is 0 Å². The predicted octanol–water partition coefficient (Wildman–Crippen LogP) is 0.624. The summed E-state index contributed by atoms with van der Waals surface area (Å²) in [5.74, 6) is 0. The molecular formula is C3H3FeNNbOP. The van der Waals surface area contributed by atoms with Gasteiger partial charge in [-0.2, -0.15) is 0 Å². The Hall–Kier alpha value is 1.06. The average Bonchev–Trinajstić information content (AvgIpc) is 1.38. The van der Waals surface area contributed by atoms with Gasteiger partial charge in [-0.25, -0.2) is 0 Å². The van der Waals surface area contributed by atoms with Gasteiger partial charge in [-0.1, -0.05) is 0 Å². The number of hydrogen-bond donors (Lipinski definition) is 0. The Morgan fingerprint density at radius 1 is 1.62 bits per heavy atom. The van der Waals surface area contributed by atoms with Gasteiger partial charge in [-0.3, -0.25) is 0 Å². The van der Waals surface area contributed by atoms with Crippen LogP contribution in [0.2, 0.25) is 0 Å². The standard InChI is InChI=1S/C3H3O.Fe.N.Nb.P/c1-2-3-4;;;;/h2H,1H2;;;;. The fraction of sp³-hybridized carbons (Fsp3) is 0. The molecule has 6 radical (unpaired) electrons. The normalized spacial score (nSPS) is 4.00. The predicted molar refractivity (Wildman–Crippen MR) is 24.3 cm³/mol. The molecule has 0 saturated heterocycles. The van der Waals surface area contributed by atoms with Gasteiger partial charge in [0.2, 0.25) is 0 Å². The van der Waals surface area contributed by atoms with Crippen LogP contribution >= 0.6 is 9.90 Å². The molecule has 0 aromatic heterocycles. The van der Waals surface area contributed by atoms with Crippen molar-refractivity contribution in [3.05, 3.63) is 12.7 Å². The average molecular weight is 249 g/mol. The van der Waals surface area contributed by atoms with E-state index >= 15 is 0 Å². The molecule has 0 saturated carbocycles. The molecule has 0 aliphatic carbocycles. The van der Waals surface area contributed by atoms with Gasteiger partial charge in [0.15, 0.2) is 0 Å². The van der Waals surface area contributed by atoms with Gasteiger partial charge >= 0.3 is 42.5 Å². The van der Waals surface area contributed by atoms with Gasteiger partial charge in [0, 0.05) is 33.1 Å². The molecule has 0 unspecified atom stereocenters. The van der Waals surface area contributed by atoms with E-state index in [-0.39, 0.29) is 37.1 Å². The maximum Gasteiger partial charge on any atom is 0 e. The number of hydrogen-bond acceptors (Lipinski definition) is 1. The Morgan fingerprint density at radius 2 is 1.75 bits per heavy atom. The van der Waals surface area contributed by atoms with Crippen LogP contribution in [0.15, 0.2) is 12.7 Å². The van der Waals surface area contributed by atoms with Gasteiger partial charge < -0.3 is 0 Å². The van der Waals surface area contributed by atoms with Crippen molar-refractivity contribution in [2.24, 2.45) is 0 Å². The van der Waals surface area contributed by atoms with Crippen molar-refractivity contribution in [3.8, 4) is 0 Å². The summed E-state index contributed by atoms with van der Waals surface area (Å²) in [4.78, 5) is 9.72. The van der Waals surface area contributed by atoms with Gasteiger partial charge in [-0.05, 0) is 0 Å². The Balaban J connectivity index is -0.0000000267. The van der Waals surface area contributed by atoms with Crippen LogP contribution in [-0.2, 0) is 42.9 Å². The third-order valence-corrected chi connectivity index (χ3v) is 0.623. The van der Waals surface area contributed by atoms with E-state index in [0.29, 0.717) is 0 Å². The topological polar surface area (TPSA) is 47.6 Å². The number of nitrogens with zero attached hydrogens (tertiary/aromatic N) is 1. The Labute approximate surface area is 75.5 Å². The Bertz CT molecular complexity index is 70.3. The van der Waals surface area contributed by atoms with Crippen LogP contribution in [0.1, 0.15) is 0 Å². The third-order valence-electron chi connectivity index (χ3n) is 0.175. The summed E-state index contributed by atoms with van der Waals surface area (Å²) in [6.07, 6.45) is 1.30. The minimum Gasteiger partial charge on any atom is 0 e. The maximum atomic E-state index is 9.72. The van der Waals surface area contributed by atoms with Gasteiger partial charge in [-0.15, -0.1) is 0 Å². The zero-order valence-corrected chi connectivity index (χ0v) is 8.09. The molecule has 44 valence electrons. The molecule has 0 heterocycles. The van der Waals surface area contributed by atoms with Crippen LogP contribution in [0.25, 0.3) is 0 Å². The number of carbonyl (C=O) groups is 1. The van der Waals surface area contributed by atoms with Crippen LogP contribution in [0.4, 0.5) is 0 Å². The fourth-order valence-electron chi connectivity index (χ4n) is 0. The summed E-state index contributed by atoms with van der Waals surface area (Å²) in [5.41, 5.74) is 0. The molecule has 0 aromatic rings. The second-order valence-electron chi connectivity index (χ2n) is 0.542. The van der Waals surface area contributed by atoms with E-state index < -0.39 is 0 Å². The van der Waals surface area contributed by atoms with E-state index in [1.165, 1.54) is 6.08 Å². The maximum absolute atomic E-state index is 9.72. The zero-order valence-electron chi connectivity index (χ0n) is 3.89. The summed E-state index contributed by atoms with van der Waals surface area (Å²) >= 11 is 1.16. The van der Waals surface area contributed by atoms with Crippen LogP contribution in [0, 0.1) is 0 Å². The molecule has 0 fully saturated rings. The quantitative estimate of drug-likeness (QED) is 0.381. The first-order valence-electron chi connectivity index (χ1n) is 1.12. The molecule has 0 amide bonds. The molecule has 5 heteroatoms. The number of rotatable bonds is 1. The van der Waals surface area contributed by atoms with Crippen LogP contribution in [0.3, 0.4) is 0 Å². The van der Waals surface area contributed by atoms with E-state index in [9.17, 15) is 4.79 Å². The first-order valence-corrected chi connectivity index (χ1v) is 2.22. The van der Waals surface area contributed by atoms with Crippen LogP contribution in [0.5, 0.6) is 0 Å². The van der Waals surface area contributed by atoms with E-state index in [2.05, 4.69) is 6.58 Å². The largest absolute Gasteiger partial charge is 0 e. The second kappa shape index (κ2) is 15.7. The monoisotopic (exact) mass is 249 g/mol. The van der Waals surface area contributed by atoms with Crippen molar-refractivity contribution in [2.75, 3.05) is 0 Å². The molecule has 0 bridgehead atoms. The molecule has 8 heavy (non-hydrogen) atoms. The van der Waals surface area contributed by atoms with Gasteiger partial charge in [0.1, 0.15) is 0 Å². The van der Waals surface area contributed by atoms with Crippen molar-refractivity contribution < 1.29 is 42.9 Å². The van der Waals surface area contributed by atoms with Crippen LogP contribution < -0.4 is 6.15 Å². The first-order chi connectivity index (χ1) is 2.27. The molecular weight excluding hydrogens is 246 g/mol. The molecule has 0 atom stereocenters. The zero-order chi connectivity index (χ0) is 4.28.